The van der Waals surface area contributed by atoms with Crippen molar-refractivity contribution in [2.24, 2.45) is 5.92 Å². The first-order valence-corrected chi connectivity index (χ1v) is 8.66. The summed E-state index contributed by atoms with van der Waals surface area (Å²) in [7, 11) is 0. The van der Waals surface area contributed by atoms with Gasteiger partial charge in [-0.3, -0.25) is 4.79 Å². The van der Waals surface area contributed by atoms with Gasteiger partial charge in [0.05, 0.1) is 5.56 Å². The summed E-state index contributed by atoms with van der Waals surface area (Å²) in [6.45, 7) is 2.17. The first-order valence-electron chi connectivity index (χ1n) is 7.84. The molecule has 23 heavy (non-hydrogen) atoms. The lowest BCUT2D eigenvalue weighted by Gasteiger charge is -2.20. The zero-order valence-electron chi connectivity index (χ0n) is 13.0. The number of amides is 1. The van der Waals surface area contributed by atoms with E-state index in [2.05, 4.69) is 12.2 Å². The number of carboxylic acid groups (broad SMARTS) is 1. The van der Waals surface area contributed by atoms with Gasteiger partial charge in [0.1, 0.15) is 5.00 Å². The third-order valence-electron chi connectivity index (χ3n) is 4.42. The van der Waals surface area contributed by atoms with Gasteiger partial charge in [-0.15, -0.1) is 11.3 Å². The average molecular weight is 329 g/mol. The molecule has 120 valence electrons. The molecule has 3 rings (SSSR count). The van der Waals surface area contributed by atoms with Crippen LogP contribution in [0.3, 0.4) is 0 Å². The summed E-state index contributed by atoms with van der Waals surface area (Å²) >= 11 is 1.42. The number of carbonyl (C=O) groups excluding carboxylic acids is 1. The number of fused-ring (bicyclic) bond motifs is 1. The Kier molecular flexibility index (Phi) is 4.48. The Hall–Kier alpha value is -2.14. The standard InChI is InChI=1S/C18H19NO3S/c1-2-11-8-9-13-14(10-11)23-17(15(13)18(21)22)19-16(20)12-6-4-3-5-7-12/h3-7,11H,2,8-10H2,1H3,(H,19,20)(H,21,22). The molecular weight excluding hydrogens is 310 g/mol. The molecule has 4 nitrogen and oxygen atoms in total. The van der Waals surface area contributed by atoms with Gasteiger partial charge in [-0.1, -0.05) is 31.5 Å². The fourth-order valence-corrected chi connectivity index (χ4v) is 4.43. The number of aromatic carboxylic acids is 1. The van der Waals surface area contributed by atoms with Crippen molar-refractivity contribution in [3.05, 3.63) is 51.9 Å². The molecule has 1 heterocycles. The van der Waals surface area contributed by atoms with Crippen molar-refractivity contribution in [3.63, 3.8) is 0 Å². The zero-order chi connectivity index (χ0) is 16.4. The highest BCUT2D eigenvalue weighted by Gasteiger charge is 2.29. The number of carboxylic acids is 1. The average Bonchev–Trinajstić information content (AvgIpc) is 2.92. The molecular formula is C18H19NO3S. The molecule has 1 aromatic heterocycles. The predicted octanol–water partition coefficient (Wildman–Crippen LogP) is 4.21. The third-order valence-corrected chi connectivity index (χ3v) is 5.59. The van der Waals surface area contributed by atoms with Crippen LogP contribution in [0, 0.1) is 5.92 Å². The summed E-state index contributed by atoms with van der Waals surface area (Å²) in [6.07, 6.45) is 3.82. The Morgan fingerprint density at radius 3 is 2.70 bits per heavy atom. The van der Waals surface area contributed by atoms with Gasteiger partial charge in [0, 0.05) is 10.4 Å². The monoisotopic (exact) mass is 329 g/mol. The van der Waals surface area contributed by atoms with Gasteiger partial charge in [0.25, 0.3) is 5.91 Å². The lowest BCUT2D eigenvalue weighted by Crippen LogP contribution is -2.15. The van der Waals surface area contributed by atoms with E-state index >= 15 is 0 Å². The summed E-state index contributed by atoms with van der Waals surface area (Å²) in [5.74, 6) is -0.611. The van der Waals surface area contributed by atoms with Crippen molar-refractivity contribution in [1.29, 1.82) is 0 Å². The molecule has 0 bridgehead atoms. The molecule has 0 aliphatic heterocycles. The highest BCUT2D eigenvalue weighted by molar-refractivity contribution is 7.17. The van der Waals surface area contributed by atoms with Gasteiger partial charge in [0.2, 0.25) is 0 Å². The van der Waals surface area contributed by atoms with Crippen LogP contribution in [0.15, 0.2) is 30.3 Å². The van der Waals surface area contributed by atoms with Crippen LogP contribution in [0.25, 0.3) is 0 Å². The van der Waals surface area contributed by atoms with Crippen LogP contribution < -0.4 is 5.32 Å². The first-order chi connectivity index (χ1) is 11.1. The summed E-state index contributed by atoms with van der Waals surface area (Å²) in [4.78, 5) is 25.1. The van der Waals surface area contributed by atoms with Gasteiger partial charge < -0.3 is 10.4 Å². The van der Waals surface area contributed by atoms with E-state index in [1.54, 1.807) is 24.3 Å². The Morgan fingerprint density at radius 2 is 2.04 bits per heavy atom. The second kappa shape index (κ2) is 6.54. The fraction of sp³-hybridized carbons (Fsp3) is 0.333. The van der Waals surface area contributed by atoms with Crippen LogP contribution in [0.2, 0.25) is 0 Å². The zero-order valence-corrected chi connectivity index (χ0v) is 13.8. The van der Waals surface area contributed by atoms with E-state index in [4.69, 9.17) is 0 Å². The summed E-state index contributed by atoms with van der Waals surface area (Å²) in [5.41, 5.74) is 1.72. The maximum absolute atomic E-state index is 12.3. The van der Waals surface area contributed by atoms with Crippen molar-refractivity contribution in [2.75, 3.05) is 5.32 Å². The Balaban J connectivity index is 1.92. The van der Waals surface area contributed by atoms with Gasteiger partial charge in [-0.2, -0.15) is 0 Å². The highest BCUT2D eigenvalue weighted by atomic mass is 32.1. The van der Waals surface area contributed by atoms with Gasteiger partial charge in [0.15, 0.2) is 0 Å². The number of benzene rings is 1. The number of anilines is 1. The van der Waals surface area contributed by atoms with Crippen LogP contribution in [-0.4, -0.2) is 17.0 Å². The second-order valence-corrected chi connectivity index (χ2v) is 6.96. The van der Waals surface area contributed by atoms with E-state index in [0.717, 1.165) is 36.1 Å². The molecule has 5 heteroatoms. The SMILES string of the molecule is CCC1CCc2c(sc(NC(=O)c3ccccc3)c2C(=O)O)C1. The van der Waals surface area contributed by atoms with Crippen LogP contribution in [0.4, 0.5) is 5.00 Å². The van der Waals surface area contributed by atoms with Gasteiger partial charge in [-0.05, 0) is 42.9 Å². The largest absolute Gasteiger partial charge is 0.478 e. The molecule has 1 aliphatic rings. The number of carbonyl (C=O) groups is 2. The molecule has 1 atom stereocenters. The predicted molar refractivity (Wildman–Crippen MR) is 91.5 cm³/mol. The van der Waals surface area contributed by atoms with E-state index in [-0.39, 0.29) is 11.5 Å². The number of nitrogens with one attached hydrogen (secondary N) is 1. The molecule has 1 aliphatic carbocycles. The molecule has 0 saturated carbocycles. The van der Waals surface area contributed by atoms with Crippen LogP contribution in [0.5, 0.6) is 0 Å². The minimum atomic E-state index is -0.958. The van der Waals surface area contributed by atoms with Crippen LogP contribution in [-0.2, 0) is 12.8 Å². The van der Waals surface area contributed by atoms with Crippen molar-refractivity contribution >= 4 is 28.2 Å². The van der Waals surface area contributed by atoms with E-state index in [1.807, 2.05) is 6.07 Å². The minimum Gasteiger partial charge on any atom is -0.478 e. The second-order valence-electron chi connectivity index (χ2n) is 5.85. The molecule has 0 saturated heterocycles. The van der Waals surface area contributed by atoms with E-state index in [0.29, 0.717) is 16.5 Å². The number of hydrogen-bond acceptors (Lipinski definition) is 3. The van der Waals surface area contributed by atoms with Crippen LogP contribution >= 0.6 is 11.3 Å². The van der Waals surface area contributed by atoms with Crippen molar-refractivity contribution < 1.29 is 14.7 Å². The fourth-order valence-electron chi connectivity index (χ4n) is 3.08. The normalized spacial score (nSPS) is 16.7. The maximum atomic E-state index is 12.3. The molecule has 0 fully saturated rings. The Bertz CT molecular complexity index is 736. The molecule has 2 aromatic rings. The first kappa shape index (κ1) is 15.7. The minimum absolute atomic E-state index is 0.265. The van der Waals surface area contributed by atoms with E-state index in [9.17, 15) is 14.7 Å². The van der Waals surface area contributed by atoms with Crippen molar-refractivity contribution in [3.8, 4) is 0 Å². The third kappa shape index (κ3) is 3.15. The van der Waals surface area contributed by atoms with Gasteiger partial charge in [-0.25, -0.2) is 4.79 Å². The smallest absolute Gasteiger partial charge is 0.339 e. The van der Waals surface area contributed by atoms with E-state index < -0.39 is 5.97 Å². The van der Waals surface area contributed by atoms with E-state index in [1.165, 1.54) is 11.3 Å². The molecule has 2 N–H and O–H groups in total. The quantitative estimate of drug-likeness (QED) is 0.883. The highest BCUT2D eigenvalue weighted by Crippen LogP contribution is 2.40. The lowest BCUT2D eigenvalue weighted by molar-refractivity contribution is 0.0697. The topological polar surface area (TPSA) is 66.4 Å². The lowest BCUT2D eigenvalue weighted by atomic mass is 9.86. The molecule has 1 aromatic carbocycles. The van der Waals surface area contributed by atoms with Crippen molar-refractivity contribution in [1.82, 2.24) is 0 Å². The number of rotatable bonds is 4. The number of hydrogen-bond donors (Lipinski definition) is 2. The molecule has 1 unspecified atom stereocenters. The molecule has 0 radical (unpaired) electrons. The summed E-state index contributed by atoms with van der Waals surface area (Å²) in [5, 5.41) is 12.8. The maximum Gasteiger partial charge on any atom is 0.339 e. The van der Waals surface area contributed by atoms with Crippen molar-refractivity contribution in [2.45, 2.75) is 32.6 Å². The summed E-state index contributed by atoms with van der Waals surface area (Å²) in [6, 6.07) is 8.86. The van der Waals surface area contributed by atoms with Crippen LogP contribution in [0.1, 0.15) is 50.9 Å². The number of thiophene rings is 1. The molecule has 1 amide bonds. The summed E-state index contributed by atoms with van der Waals surface area (Å²) < 4.78 is 0. The Labute approximate surface area is 139 Å². The Morgan fingerprint density at radius 1 is 1.30 bits per heavy atom. The van der Waals surface area contributed by atoms with Gasteiger partial charge >= 0.3 is 5.97 Å². The molecule has 0 spiro atoms.